The minimum atomic E-state index is -1.40. The molecule has 92 valence electrons. The second kappa shape index (κ2) is 6.42. The molecular formula is C10H11ClFN3O2. The van der Waals surface area contributed by atoms with Crippen LogP contribution in [0, 0.1) is 5.82 Å². The number of rotatable bonds is 5. The molecule has 0 spiro atoms. The third kappa shape index (κ3) is 3.87. The van der Waals surface area contributed by atoms with Crippen LogP contribution in [-0.4, -0.2) is 22.9 Å². The molecule has 0 aromatic heterocycles. The molecular weight excluding hydrogens is 249 g/mol. The van der Waals surface area contributed by atoms with E-state index in [4.69, 9.17) is 17.1 Å². The van der Waals surface area contributed by atoms with Gasteiger partial charge in [-0.25, -0.2) is 4.39 Å². The fourth-order valence-electron chi connectivity index (χ4n) is 1.34. The number of nitrogens with zero attached hydrogens (tertiary/aromatic N) is 3. The minimum absolute atomic E-state index is 0.0247. The monoisotopic (exact) mass is 259 g/mol. The summed E-state index contributed by atoms with van der Waals surface area (Å²) in [5, 5.41) is 22.8. The number of aliphatic hydroxyl groups excluding tert-OH is 2. The second-order valence-electron chi connectivity index (χ2n) is 3.42. The minimum Gasteiger partial charge on any atom is -0.390 e. The lowest BCUT2D eigenvalue weighted by molar-refractivity contribution is 0.0130. The fourth-order valence-corrected chi connectivity index (χ4v) is 1.52. The lowest BCUT2D eigenvalue weighted by Crippen LogP contribution is -2.20. The Bertz CT molecular complexity index is 438. The van der Waals surface area contributed by atoms with Crippen molar-refractivity contribution in [3.63, 3.8) is 0 Å². The average molecular weight is 260 g/mol. The van der Waals surface area contributed by atoms with Crippen LogP contribution in [0.3, 0.4) is 0 Å². The van der Waals surface area contributed by atoms with Crippen LogP contribution < -0.4 is 0 Å². The Morgan fingerprint density at radius 1 is 1.47 bits per heavy atom. The Balaban J connectivity index is 2.76. The highest BCUT2D eigenvalue weighted by Gasteiger charge is 2.21. The van der Waals surface area contributed by atoms with Gasteiger partial charge in [-0.3, -0.25) is 0 Å². The normalized spacial score (nSPS) is 13.9. The maximum atomic E-state index is 13.4. The number of hydrogen-bond donors (Lipinski definition) is 2. The number of benzene rings is 1. The topological polar surface area (TPSA) is 89.2 Å². The van der Waals surface area contributed by atoms with Gasteiger partial charge in [-0.2, -0.15) is 0 Å². The first kappa shape index (κ1) is 13.7. The van der Waals surface area contributed by atoms with Crippen molar-refractivity contribution in [3.05, 3.63) is 45.0 Å². The highest BCUT2D eigenvalue weighted by molar-refractivity contribution is 6.30. The van der Waals surface area contributed by atoms with Crippen LogP contribution >= 0.6 is 11.6 Å². The van der Waals surface area contributed by atoms with E-state index in [0.717, 1.165) is 6.07 Å². The van der Waals surface area contributed by atoms with Crippen molar-refractivity contribution in [1.29, 1.82) is 0 Å². The molecule has 0 saturated carbocycles. The SMILES string of the molecule is [N-]=[N+]=NCCC(O)C(O)c1cc(Cl)ccc1F. The number of azide groups is 1. The summed E-state index contributed by atoms with van der Waals surface area (Å²) in [4.78, 5) is 2.51. The molecule has 1 aromatic carbocycles. The highest BCUT2D eigenvalue weighted by Crippen LogP contribution is 2.24. The first-order valence-electron chi connectivity index (χ1n) is 4.88. The zero-order chi connectivity index (χ0) is 12.8. The van der Waals surface area contributed by atoms with Gasteiger partial charge in [0.2, 0.25) is 0 Å². The van der Waals surface area contributed by atoms with Gasteiger partial charge in [-0.05, 0) is 30.2 Å². The van der Waals surface area contributed by atoms with Crippen molar-refractivity contribution in [2.75, 3.05) is 6.54 Å². The molecule has 0 aliphatic heterocycles. The maximum Gasteiger partial charge on any atom is 0.129 e. The van der Waals surface area contributed by atoms with Crippen molar-refractivity contribution >= 4 is 11.6 Å². The van der Waals surface area contributed by atoms with Crippen molar-refractivity contribution < 1.29 is 14.6 Å². The van der Waals surface area contributed by atoms with Crippen LogP contribution in [0.2, 0.25) is 5.02 Å². The Hall–Kier alpha value is -1.33. The van der Waals surface area contributed by atoms with Gasteiger partial charge in [-0.1, -0.05) is 16.7 Å². The molecule has 0 radical (unpaired) electrons. The molecule has 2 N–H and O–H groups in total. The van der Waals surface area contributed by atoms with Gasteiger partial charge in [0.25, 0.3) is 0 Å². The summed E-state index contributed by atoms with van der Waals surface area (Å²) < 4.78 is 13.4. The molecule has 1 rings (SSSR count). The van der Waals surface area contributed by atoms with Gasteiger partial charge in [0.15, 0.2) is 0 Å². The Labute approximate surface area is 102 Å². The van der Waals surface area contributed by atoms with Crippen molar-refractivity contribution in [1.82, 2.24) is 0 Å². The van der Waals surface area contributed by atoms with E-state index in [1.807, 2.05) is 0 Å². The molecule has 0 fully saturated rings. The molecule has 7 heteroatoms. The fraction of sp³-hybridized carbons (Fsp3) is 0.400. The number of aliphatic hydroxyl groups is 2. The number of hydrogen-bond acceptors (Lipinski definition) is 3. The molecule has 2 unspecified atom stereocenters. The number of halogens is 2. The highest BCUT2D eigenvalue weighted by atomic mass is 35.5. The summed E-state index contributed by atoms with van der Waals surface area (Å²) in [6, 6.07) is 3.71. The predicted octanol–water partition coefficient (Wildman–Crippen LogP) is 2.57. The van der Waals surface area contributed by atoms with Crippen molar-refractivity contribution in [3.8, 4) is 0 Å². The van der Waals surface area contributed by atoms with Gasteiger partial charge in [0.05, 0.1) is 6.10 Å². The van der Waals surface area contributed by atoms with Crippen LogP contribution in [0.15, 0.2) is 23.3 Å². The molecule has 0 aliphatic carbocycles. The first-order valence-corrected chi connectivity index (χ1v) is 5.26. The van der Waals surface area contributed by atoms with Crippen LogP contribution in [-0.2, 0) is 0 Å². The third-order valence-electron chi connectivity index (χ3n) is 2.23. The molecule has 0 amide bonds. The van der Waals surface area contributed by atoms with Gasteiger partial charge in [0, 0.05) is 22.0 Å². The Kier molecular flexibility index (Phi) is 5.18. The molecule has 0 saturated heterocycles. The molecule has 0 aliphatic rings. The van der Waals surface area contributed by atoms with E-state index in [0.29, 0.717) is 0 Å². The lowest BCUT2D eigenvalue weighted by Gasteiger charge is -2.18. The van der Waals surface area contributed by atoms with Crippen LogP contribution in [0.5, 0.6) is 0 Å². The molecule has 1 aromatic rings. The summed E-state index contributed by atoms with van der Waals surface area (Å²) in [6.45, 7) is 0.0247. The van der Waals surface area contributed by atoms with E-state index in [2.05, 4.69) is 10.0 Å². The van der Waals surface area contributed by atoms with E-state index in [9.17, 15) is 14.6 Å². The summed E-state index contributed by atoms with van der Waals surface area (Å²) in [5.74, 6) is -0.648. The summed E-state index contributed by atoms with van der Waals surface area (Å²) in [5.41, 5.74) is 7.97. The van der Waals surface area contributed by atoms with E-state index in [-0.39, 0.29) is 23.6 Å². The van der Waals surface area contributed by atoms with Crippen molar-refractivity contribution in [2.45, 2.75) is 18.6 Å². The van der Waals surface area contributed by atoms with Crippen molar-refractivity contribution in [2.24, 2.45) is 5.11 Å². The lowest BCUT2D eigenvalue weighted by atomic mass is 10.0. The Morgan fingerprint density at radius 2 is 2.18 bits per heavy atom. The van der Waals surface area contributed by atoms with Crippen LogP contribution in [0.25, 0.3) is 10.4 Å². The molecule has 17 heavy (non-hydrogen) atoms. The second-order valence-corrected chi connectivity index (χ2v) is 3.86. The molecule has 0 bridgehead atoms. The average Bonchev–Trinajstić information content (AvgIpc) is 2.31. The quantitative estimate of drug-likeness (QED) is 0.483. The van der Waals surface area contributed by atoms with Gasteiger partial charge in [-0.15, -0.1) is 0 Å². The summed E-state index contributed by atoms with van der Waals surface area (Å²) in [7, 11) is 0. The van der Waals surface area contributed by atoms with Crippen LogP contribution in [0.1, 0.15) is 18.1 Å². The largest absolute Gasteiger partial charge is 0.390 e. The zero-order valence-electron chi connectivity index (χ0n) is 8.79. The van der Waals surface area contributed by atoms with Gasteiger partial charge >= 0.3 is 0 Å². The molecule has 0 heterocycles. The molecule has 5 nitrogen and oxygen atoms in total. The zero-order valence-corrected chi connectivity index (χ0v) is 9.55. The van der Waals surface area contributed by atoms with Crippen LogP contribution in [0.4, 0.5) is 4.39 Å². The Morgan fingerprint density at radius 3 is 2.82 bits per heavy atom. The van der Waals surface area contributed by atoms with Gasteiger partial charge < -0.3 is 10.2 Å². The van der Waals surface area contributed by atoms with Gasteiger partial charge in [0.1, 0.15) is 11.9 Å². The summed E-state index contributed by atoms with van der Waals surface area (Å²) in [6.07, 6.45) is -2.58. The van der Waals surface area contributed by atoms with E-state index in [1.54, 1.807) is 0 Å². The predicted molar refractivity (Wildman–Crippen MR) is 61.0 cm³/mol. The first-order chi connectivity index (χ1) is 8.06. The van der Waals surface area contributed by atoms with E-state index >= 15 is 0 Å². The van der Waals surface area contributed by atoms with E-state index < -0.39 is 18.0 Å². The maximum absolute atomic E-state index is 13.4. The third-order valence-corrected chi connectivity index (χ3v) is 2.46. The summed E-state index contributed by atoms with van der Waals surface area (Å²) >= 11 is 5.67. The molecule has 2 atom stereocenters. The van der Waals surface area contributed by atoms with E-state index in [1.165, 1.54) is 12.1 Å². The smallest absolute Gasteiger partial charge is 0.129 e. The standard InChI is InChI=1S/C10H11ClFN3O2/c11-6-1-2-8(12)7(5-6)10(17)9(16)3-4-14-15-13/h1-2,5,9-10,16-17H,3-4H2.